The Morgan fingerprint density at radius 2 is 0.639 bits per heavy atom. The number of nitrogens with zero attached hydrogens (tertiary/aromatic N) is 2. The van der Waals surface area contributed by atoms with Crippen LogP contribution >= 0.6 is 0 Å². The lowest BCUT2D eigenvalue weighted by atomic mass is 9.67. The number of rotatable bonds is 22. The zero-order valence-corrected chi connectivity index (χ0v) is 50.0. The van der Waals surface area contributed by atoms with E-state index in [9.17, 15) is 0 Å². The molecular weight excluding hydrogens is 1000 g/mol. The molecule has 0 heterocycles. The smallest absolute Gasteiger partial charge is 0.0727 e. The van der Waals surface area contributed by atoms with E-state index in [0.29, 0.717) is 0 Å². The zero-order valence-electron chi connectivity index (χ0n) is 50.0. The fourth-order valence-electron chi connectivity index (χ4n) is 14.2. The molecule has 2 heteroatoms. The van der Waals surface area contributed by atoms with Gasteiger partial charge in [0.05, 0.1) is 16.8 Å². The van der Waals surface area contributed by atoms with Crippen molar-refractivity contribution in [3.05, 3.63) is 276 Å². The highest BCUT2D eigenvalue weighted by atomic mass is 15.2. The van der Waals surface area contributed by atoms with Crippen LogP contribution in [0.3, 0.4) is 0 Å². The number of benzene rings is 10. The normalized spacial score (nSPS) is 14.0. The van der Waals surface area contributed by atoms with Gasteiger partial charge in [0.15, 0.2) is 0 Å². The molecule has 0 aliphatic heterocycles. The van der Waals surface area contributed by atoms with Gasteiger partial charge in [-0.3, -0.25) is 0 Å². The van der Waals surface area contributed by atoms with Crippen molar-refractivity contribution in [2.24, 2.45) is 0 Å². The molecule has 0 aromatic heterocycles. The van der Waals surface area contributed by atoms with Crippen molar-refractivity contribution in [3.8, 4) is 44.5 Å². The van der Waals surface area contributed by atoms with Crippen LogP contribution in [0, 0.1) is 0 Å². The second kappa shape index (κ2) is 23.9. The van der Waals surface area contributed by atoms with Crippen LogP contribution in [-0.4, -0.2) is 0 Å². The molecule has 1 spiro atoms. The number of hydrogen-bond acceptors (Lipinski definition) is 2. The lowest BCUT2D eigenvalue weighted by molar-refractivity contribution is 0.395. The van der Waals surface area contributed by atoms with Crippen LogP contribution < -0.4 is 9.80 Å². The van der Waals surface area contributed by atoms with Crippen molar-refractivity contribution in [1.29, 1.82) is 0 Å². The highest BCUT2D eigenvalue weighted by molar-refractivity contribution is 5.99. The van der Waals surface area contributed by atoms with Crippen LogP contribution in [0.25, 0.3) is 44.5 Å². The third kappa shape index (κ3) is 10.1. The van der Waals surface area contributed by atoms with Crippen LogP contribution in [0.4, 0.5) is 34.1 Å². The highest BCUT2D eigenvalue weighted by Gasteiger charge is 2.53. The van der Waals surface area contributed by atoms with Crippen molar-refractivity contribution >= 4 is 34.1 Å². The van der Waals surface area contributed by atoms with Gasteiger partial charge in [-0.1, -0.05) is 275 Å². The quantitative estimate of drug-likeness (QED) is 0.0624. The van der Waals surface area contributed by atoms with Gasteiger partial charge in [0, 0.05) is 33.9 Å². The molecule has 83 heavy (non-hydrogen) atoms. The van der Waals surface area contributed by atoms with Crippen LogP contribution in [0.15, 0.2) is 243 Å². The molecule has 2 aliphatic carbocycles. The Balaban J connectivity index is 1.17. The van der Waals surface area contributed by atoms with Crippen molar-refractivity contribution in [2.75, 3.05) is 9.80 Å². The predicted octanol–water partition coefficient (Wildman–Crippen LogP) is 23.6. The van der Waals surface area contributed by atoms with Crippen molar-refractivity contribution in [2.45, 2.75) is 135 Å². The Labute approximate surface area is 496 Å². The SMILES string of the molecule is CCCCCCC(C)(CC)c1ccc2c(c1)C1(c3cc(N(c4ccccc4)c4ccccc4-c4ccccc4)ccc3-c3ccc(N(c4ccccc4)c4ccccc4-c4ccccc4)cc31)c1cc(C(C)(CC)CCCCCC)ccc1-2. The summed E-state index contributed by atoms with van der Waals surface area (Å²) in [5, 5.41) is 0. The molecular formula is C81H82N2. The van der Waals surface area contributed by atoms with Gasteiger partial charge in [0.2, 0.25) is 0 Å². The summed E-state index contributed by atoms with van der Waals surface area (Å²) in [6.07, 6.45) is 14.5. The minimum Gasteiger partial charge on any atom is -0.310 e. The van der Waals surface area contributed by atoms with E-state index in [-0.39, 0.29) is 10.8 Å². The number of para-hydroxylation sites is 4. The van der Waals surface area contributed by atoms with E-state index in [0.717, 1.165) is 47.0 Å². The van der Waals surface area contributed by atoms with Crippen molar-refractivity contribution in [1.82, 2.24) is 0 Å². The minimum atomic E-state index is -0.677. The largest absolute Gasteiger partial charge is 0.310 e. The Bertz CT molecular complexity index is 3590. The first kappa shape index (κ1) is 55.3. The zero-order chi connectivity index (χ0) is 57.0. The summed E-state index contributed by atoms with van der Waals surface area (Å²) in [4.78, 5) is 5.03. The number of hydrogen-bond donors (Lipinski definition) is 0. The molecule has 0 bridgehead atoms. The molecule has 10 aromatic rings. The van der Waals surface area contributed by atoms with E-state index in [1.54, 1.807) is 0 Å². The van der Waals surface area contributed by atoms with E-state index >= 15 is 0 Å². The molecule has 0 fully saturated rings. The molecule has 10 aromatic carbocycles. The topological polar surface area (TPSA) is 6.48 Å². The fraction of sp³-hybridized carbons (Fsp3) is 0.259. The lowest BCUT2D eigenvalue weighted by Crippen LogP contribution is -2.29. The first-order valence-corrected chi connectivity index (χ1v) is 31.3. The summed E-state index contributed by atoms with van der Waals surface area (Å²) >= 11 is 0. The maximum absolute atomic E-state index is 2.71. The number of unbranched alkanes of at least 4 members (excludes halogenated alkanes) is 6. The molecule has 0 saturated heterocycles. The maximum atomic E-state index is 2.71. The van der Waals surface area contributed by atoms with Gasteiger partial charge >= 0.3 is 0 Å². The van der Waals surface area contributed by atoms with Crippen LogP contribution in [0.2, 0.25) is 0 Å². The molecule has 0 amide bonds. The molecule has 2 nitrogen and oxygen atoms in total. The number of anilines is 6. The molecule has 2 atom stereocenters. The highest BCUT2D eigenvalue weighted by Crippen LogP contribution is 2.65. The molecule has 0 radical (unpaired) electrons. The van der Waals surface area contributed by atoms with Gasteiger partial charge in [-0.25, -0.2) is 0 Å². The Hall–Kier alpha value is -8.20. The average Bonchev–Trinajstić information content (AvgIpc) is 1.81. The van der Waals surface area contributed by atoms with E-state index in [4.69, 9.17) is 0 Å². The molecule has 2 unspecified atom stereocenters. The molecule has 2 aliphatic rings. The first-order chi connectivity index (χ1) is 40.7. The fourth-order valence-corrected chi connectivity index (χ4v) is 14.2. The average molecular weight is 1080 g/mol. The van der Waals surface area contributed by atoms with Crippen LogP contribution in [0.5, 0.6) is 0 Å². The predicted molar refractivity (Wildman–Crippen MR) is 356 cm³/mol. The third-order valence-electron chi connectivity index (χ3n) is 19.4. The van der Waals surface area contributed by atoms with E-state index in [1.165, 1.54) is 142 Å². The van der Waals surface area contributed by atoms with E-state index in [2.05, 4.69) is 294 Å². The van der Waals surface area contributed by atoms with Gasteiger partial charge in [0.1, 0.15) is 0 Å². The Morgan fingerprint density at radius 1 is 0.301 bits per heavy atom. The number of fused-ring (bicyclic) bond motifs is 10. The molecule has 416 valence electrons. The Morgan fingerprint density at radius 3 is 1.01 bits per heavy atom. The van der Waals surface area contributed by atoms with Gasteiger partial charge in [-0.15, -0.1) is 0 Å². The maximum Gasteiger partial charge on any atom is 0.0727 e. The second-order valence-corrected chi connectivity index (χ2v) is 24.3. The standard InChI is InChI=1S/C81H82N2/c1-7-11-13-31-53-79(5,9-3)61-45-49-69-70-50-46-62(80(6,10-4)54-32-14-12-8-2)56-74(70)81(73(69)55-61)75-57-65(82(63-37-23-17-24-38-63)77-43-29-27-41-67(77)59-33-19-15-20-34-59)47-51-71(75)72-52-48-66(58-76(72)81)83(64-39-25-18-26-40-64)78-44-30-28-42-68(78)60-35-21-16-22-36-60/h15-30,33-52,55-58H,7-14,31-32,53-54H2,1-6H3. The summed E-state index contributed by atoms with van der Waals surface area (Å²) in [6, 6.07) is 92.3. The van der Waals surface area contributed by atoms with Crippen LogP contribution in [0.1, 0.15) is 152 Å². The second-order valence-electron chi connectivity index (χ2n) is 24.3. The summed E-state index contributed by atoms with van der Waals surface area (Å²) < 4.78 is 0. The van der Waals surface area contributed by atoms with Crippen molar-refractivity contribution in [3.63, 3.8) is 0 Å². The van der Waals surface area contributed by atoms with Gasteiger partial charge in [-0.05, 0) is 164 Å². The van der Waals surface area contributed by atoms with Gasteiger partial charge < -0.3 is 9.80 Å². The third-order valence-corrected chi connectivity index (χ3v) is 19.4. The minimum absolute atomic E-state index is 0.00758. The summed E-state index contributed by atoms with van der Waals surface area (Å²) in [7, 11) is 0. The Kier molecular flexibility index (Phi) is 16.0. The molecule has 0 saturated carbocycles. The van der Waals surface area contributed by atoms with E-state index < -0.39 is 5.41 Å². The van der Waals surface area contributed by atoms with Crippen LogP contribution in [-0.2, 0) is 16.2 Å². The monoisotopic (exact) mass is 1080 g/mol. The van der Waals surface area contributed by atoms with Crippen molar-refractivity contribution < 1.29 is 0 Å². The summed E-state index contributed by atoms with van der Waals surface area (Å²) in [5.74, 6) is 0. The van der Waals surface area contributed by atoms with Gasteiger partial charge in [-0.2, -0.15) is 0 Å². The lowest BCUT2D eigenvalue weighted by Gasteiger charge is -2.36. The molecule has 12 rings (SSSR count). The summed E-state index contributed by atoms with van der Waals surface area (Å²) in [6.45, 7) is 14.6. The first-order valence-electron chi connectivity index (χ1n) is 31.3. The van der Waals surface area contributed by atoms with Gasteiger partial charge in [0.25, 0.3) is 0 Å². The summed E-state index contributed by atoms with van der Waals surface area (Å²) in [5.41, 5.74) is 24.6. The molecule has 0 N–H and O–H groups in total. The van der Waals surface area contributed by atoms with E-state index in [1.807, 2.05) is 0 Å².